The lowest BCUT2D eigenvalue weighted by molar-refractivity contribution is -0.148. The first-order valence-corrected chi connectivity index (χ1v) is 12.0. The van der Waals surface area contributed by atoms with Gasteiger partial charge in [-0.3, -0.25) is 19.3 Å². The number of esters is 2. The predicted octanol–water partition coefficient (Wildman–Crippen LogP) is 5.13. The van der Waals surface area contributed by atoms with E-state index < -0.39 is 24.5 Å². The van der Waals surface area contributed by atoms with Crippen molar-refractivity contribution in [1.82, 2.24) is 0 Å². The first-order chi connectivity index (χ1) is 17.8. The van der Waals surface area contributed by atoms with Gasteiger partial charge < -0.3 is 14.8 Å². The summed E-state index contributed by atoms with van der Waals surface area (Å²) in [5.74, 6) is -1.67. The SMILES string of the molecule is CC(C)COC(=O)c1ccc(NC(=O)COC(=O)CCC(=O)N(c2ccccc2)c2ccccc2)cc1. The molecule has 192 valence electrons. The summed E-state index contributed by atoms with van der Waals surface area (Å²) in [6.07, 6.45) is -0.256. The van der Waals surface area contributed by atoms with Gasteiger partial charge in [0, 0.05) is 23.5 Å². The number of benzene rings is 3. The summed E-state index contributed by atoms with van der Waals surface area (Å²) in [4.78, 5) is 50.9. The molecular formula is C29H30N2O6. The van der Waals surface area contributed by atoms with E-state index in [2.05, 4.69) is 5.32 Å². The van der Waals surface area contributed by atoms with Gasteiger partial charge in [0.15, 0.2) is 6.61 Å². The summed E-state index contributed by atoms with van der Waals surface area (Å²) in [5, 5.41) is 2.60. The second-order valence-electron chi connectivity index (χ2n) is 8.68. The third kappa shape index (κ3) is 8.61. The fraction of sp³-hybridized carbons (Fsp3) is 0.241. The molecule has 0 aliphatic carbocycles. The molecule has 8 nitrogen and oxygen atoms in total. The Hall–Kier alpha value is -4.46. The van der Waals surface area contributed by atoms with Crippen molar-refractivity contribution in [2.45, 2.75) is 26.7 Å². The second kappa shape index (κ2) is 13.6. The van der Waals surface area contributed by atoms with Gasteiger partial charge in [0.25, 0.3) is 5.91 Å². The van der Waals surface area contributed by atoms with E-state index in [1.807, 2.05) is 74.5 Å². The first-order valence-electron chi connectivity index (χ1n) is 12.0. The predicted molar refractivity (Wildman–Crippen MR) is 140 cm³/mol. The highest BCUT2D eigenvalue weighted by atomic mass is 16.5. The van der Waals surface area contributed by atoms with Gasteiger partial charge in [-0.25, -0.2) is 4.79 Å². The molecule has 3 aromatic rings. The number of rotatable bonds is 11. The molecular weight excluding hydrogens is 472 g/mol. The van der Waals surface area contributed by atoms with Crippen molar-refractivity contribution in [3.05, 3.63) is 90.5 Å². The number of hydrogen-bond donors (Lipinski definition) is 1. The van der Waals surface area contributed by atoms with Crippen molar-refractivity contribution in [3.63, 3.8) is 0 Å². The summed E-state index contributed by atoms with van der Waals surface area (Å²) in [6.45, 7) is 3.72. The molecule has 1 N–H and O–H groups in total. The van der Waals surface area contributed by atoms with E-state index in [9.17, 15) is 19.2 Å². The zero-order valence-corrected chi connectivity index (χ0v) is 20.9. The van der Waals surface area contributed by atoms with Crippen LogP contribution < -0.4 is 10.2 Å². The molecule has 0 radical (unpaired) electrons. The summed E-state index contributed by atoms with van der Waals surface area (Å²) >= 11 is 0. The van der Waals surface area contributed by atoms with Crippen LogP contribution in [0.1, 0.15) is 37.0 Å². The molecule has 0 bridgehead atoms. The van der Waals surface area contributed by atoms with E-state index in [0.717, 1.165) is 0 Å². The minimum absolute atomic E-state index is 0.0847. The number of ether oxygens (including phenoxy) is 2. The van der Waals surface area contributed by atoms with Crippen LogP contribution in [0.15, 0.2) is 84.9 Å². The molecule has 2 amide bonds. The Morgan fingerprint density at radius 1 is 0.757 bits per heavy atom. The summed E-state index contributed by atoms with van der Waals surface area (Å²) in [7, 11) is 0. The fourth-order valence-electron chi connectivity index (χ4n) is 3.34. The standard InChI is InChI=1S/C29H30N2O6/c1-21(2)19-37-29(35)22-13-15-23(16-14-22)30-26(32)20-36-28(34)18-17-27(33)31(24-9-5-3-6-10-24)25-11-7-4-8-12-25/h3-16,21H,17-20H2,1-2H3,(H,30,32). The zero-order valence-electron chi connectivity index (χ0n) is 20.9. The minimum Gasteiger partial charge on any atom is -0.462 e. The monoisotopic (exact) mass is 502 g/mol. The average molecular weight is 503 g/mol. The normalized spacial score (nSPS) is 10.5. The topological polar surface area (TPSA) is 102 Å². The number of carbonyl (C=O) groups is 4. The number of nitrogens with zero attached hydrogens (tertiary/aromatic N) is 1. The number of nitrogens with one attached hydrogen (secondary N) is 1. The molecule has 0 aliphatic rings. The Balaban J connectivity index is 1.46. The van der Waals surface area contributed by atoms with E-state index in [0.29, 0.717) is 29.2 Å². The Kier molecular flexibility index (Phi) is 9.96. The van der Waals surface area contributed by atoms with E-state index >= 15 is 0 Å². The van der Waals surface area contributed by atoms with Gasteiger partial charge >= 0.3 is 11.9 Å². The number of anilines is 3. The van der Waals surface area contributed by atoms with Crippen molar-refractivity contribution in [1.29, 1.82) is 0 Å². The van der Waals surface area contributed by atoms with Crippen LogP contribution in [0.5, 0.6) is 0 Å². The Labute approximate surface area is 216 Å². The molecule has 0 spiro atoms. The largest absolute Gasteiger partial charge is 0.462 e. The number of hydrogen-bond acceptors (Lipinski definition) is 6. The molecule has 0 saturated heterocycles. The van der Waals surface area contributed by atoms with Crippen molar-refractivity contribution < 1.29 is 28.7 Å². The van der Waals surface area contributed by atoms with Crippen LogP contribution in [0.2, 0.25) is 0 Å². The van der Waals surface area contributed by atoms with E-state index in [4.69, 9.17) is 9.47 Å². The quantitative estimate of drug-likeness (QED) is 0.365. The van der Waals surface area contributed by atoms with Crippen molar-refractivity contribution in [2.75, 3.05) is 23.4 Å². The number of amides is 2. The number of para-hydroxylation sites is 2. The Bertz CT molecular complexity index is 1150. The van der Waals surface area contributed by atoms with Crippen LogP contribution >= 0.6 is 0 Å². The summed E-state index contributed by atoms with van der Waals surface area (Å²) in [6, 6.07) is 24.5. The molecule has 3 rings (SSSR count). The van der Waals surface area contributed by atoms with E-state index in [1.54, 1.807) is 29.2 Å². The molecule has 0 saturated carbocycles. The van der Waals surface area contributed by atoms with Crippen molar-refractivity contribution in [3.8, 4) is 0 Å². The van der Waals surface area contributed by atoms with Gasteiger partial charge in [-0.15, -0.1) is 0 Å². The smallest absolute Gasteiger partial charge is 0.338 e. The maximum Gasteiger partial charge on any atom is 0.338 e. The number of carbonyl (C=O) groups excluding carboxylic acids is 4. The minimum atomic E-state index is -0.659. The molecule has 0 aliphatic heterocycles. The van der Waals surface area contributed by atoms with Crippen LogP contribution in [0, 0.1) is 5.92 Å². The van der Waals surface area contributed by atoms with Gasteiger partial charge in [-0.05, 0) is 54.4 Å². The molecule has 0 aromatic heterocycles. The molecule has 8 heteroatoms. The van der Waals surface area contributed by atoms with Crippen molar-refractivity contribution in [2.24, 2.45) is 5.92 Å². The maximum absolute atomic E-state index is 13.0. The molecule has 0 fully saturated rings. The van der Waals surface area contributed by atoms with Gasteiger partial charge in [-0.2, -0.15) is 0 Å². The van der Waals surface area contributed by atoms with Gasteiger partial charge in [-0.1, -0.05) is 50.2 Å². The molecule has 0 atom stereocenters. The van der Waals surface area contributed by atoms with Crippen LogP contribution in [0.4, 0.5) is 17.1 Å². The lowest BCUT2D eigenvalue weighted by Gasteiger charge is -2.23. The third-order valence-electron chi connectivity index (χ3n) is 5.14. The molecule has 37 heavy (non-hydrogen) atoms. The molecule has 0 unspecified atom stereocenters. The van der Waals surface area contributed by atoms with Crippen LogP contribution in [-0.2, 0) is 23.9 Å². The Morgan fingerprint density at radius 2 is 1.32 bits per heavy atom. The van der Waals surface area contributed by atoms with Crippen LogP contribution in [-0.4, -0.2) is 37.0 Å². The molecule has 3 aromatic carbocycles. The summed E-state index contributed by atoms with van der Waals surface area (Å²) in [5.41, 5.74) is 2.18. The van der Waals surface area contributed by atoms with Crippen LogP contribution in [0.25, 0.3) is 0 Å². The lowest BCUT2D eigenvalue weighted by Crippen LogP contribution is -2.27. The summed E-state index contributed by atoms with van der Waals surface area (Å²) < 4.78 is 10.2. The highest BCUT2D eigenvalue weighted by molar-refractivity contribution is 6.01. The lowest BCUT2D eigenvalue weighted by atomic mass is 10.2. The third-order valence-corrected chi connectivity index (χ3v) is 5.14. The average Bonchev–Trinajstić information content (AvgIpc) is 2.91. The highest BCUT2D eigenvalue weighted by Gasteiger charge is 2.19. The Morgan fingerprint density at radius 3 is 1.86 bits per heavy atom. The van der Waals surface area contributed by atoms with E-state index in [-0.39, 0.29) is 24.7 Å². The van der Waals surface area contributed by atoms with Gasteiger partial charge in [0.2, 0.25) is 5.91 Å². The second-order valence-corrected chi connectivity index (χ2v) is 8.68. The van der Waals surface area contributed by atoms with Crippen molar-refractivity contribution >= 4 is 40.8 Å². The first kappa shape index (κ1) is 27.1. The highest BCUT2D eigenvalue weighted by Crippen LogP contribution is 2.26. The zero-order chi connectivity index (χ0) is 26.6. The fourth-order valence-corrected chi connectivity index (χ4v) is 3.34. The maximum atomic E-state index is 13.0. The van der Waals surface area contributed by atoms with Gasteiger partial charge in [0.05, 0.1) is 18.6 Å². The van der Waals surface area contributed by atoms with E-state index in [1.165, 1.54) is 0 Å². The van der Waals surface area contributed by atoms with Crippen LogP contribution in [0.3, 0.4) is 0 Å². The molecule has 0 heterocycles. The van der Waals surface area contributed by atoms with Gasteiger partial charge in [0.1, 0.15) is 0 Å².